The Labute approximate surface area is 102 Å². The van der Waals surface area contributed by atoms with Crippen molar-refractivity contribution in [3.63, 3.8) is 0 Å². The highest BCUT2D eigenvalue weighted by Crippen LogP contribution is 2.06. The minimum Gasteiger partial charge on any atom is -0.233 e. The number of imidazole rings is 1. The van der Waals surface area contributed by atoms with Crippen LogP contribution in [0.25, 0.3) is 6.08 Å². The summed E-state index contributed by atoms with van der Waals surface area (Å²) in [5.41, 5.74) is 2.44. The van der Waals surface area contributed by atoms with Gasteiger partial charge in [-0.3, -0.25) is 0 Å². The SMILES string of the molecule is C=CC[n+]1ccn(Cc2ccc(C=C)cc2)c1. The molecular formula is C15H17N2+. The van der Waals surface area contributed by atoms with Gasteiger partial charge in [0, 0.05) is 0 Å². The minimum absolute atomic E-state index is 0.850. The fraction of sp³-hybridized carbons (Fsp3) is 0.133. The van der Waals surface area contributed by atoms with Crippen molar-refractivity contribution >= 4 is 6.08 Å². The van der Waals surface area contributed by atoms with Crippen molar-refractivity contribution in [2.75, 3.05) is 0 Å². The van der Waals surface area contributed by atoms with Crippen LogP contribution in [0.3, 0.4) is 0 Å². The number of allylic oxidation sites excluding steroid dienone is 1. The average Bonchev–Trinajstić information content (AvgIpc) is 2.78. The third-order valence-electron chi connectivity index (χ3n) is 2.67. The number of nitrogens with zero attached hydrogens (tertiary/aromatic N) is 2. The second-order valence-corrected chi connectivity index (χ2v) is 4.02. The molecule has 0 aliphatic rings. The minimum atomic E-state index is 0.850. The van der Waals surface area contributed by atoms with Gasteiger partial charge in [0.2, 0.25) is 6.33 Å². The van der Waals surface area contributed by atoms with E-state index in [0.29, 0.717) is 0 Å². The Kier molecular flexibility index (Phi) is 3.55. The average molecular weight is 225 g/mol. The van der Waals surface area contributed by atoms with Gasteiger partial charge in [-0.25, -0.2) is 9.13 Å². The van der Waals surface area contributed by atoms with Crippen LogP contribution in [0.2, 0.25) is 0 Å². The summed E-state index contributed by atoms with van der Waals surface area (Å²) in [6.45, 7) is 9.22. The maximum Gasteiger partial charge on any atom is 0.244 e. The van der Waals surface area contributed by atoms with Crippen molar-refractivity contribution < 1.29 is 4.57 Å². The molecule has 2 aromatic rings. The summed E-state index contributed by atoms with van der Waals surface area (Å²) in [6.07, 6.45) is 9.97. The number of aromatic nitrogens is 2. The van der Waals surface area contributed by atoms with Crippen LogP contribution in [0.1, 0.15) is 11.1 Å². The van der Waals surface area contributed by atoms with Gasteiger partial charge in [0.05, 0.1) is 0 Å². The molecule has 1 aromatic carbocycles. The van der Waals surface area contributed by atoms with Gasteiger partial charge in [-0.1, -0.05) is 49.6 Å². The van der Waals surface area contributed by atoms with Crippen molar-refractivity contribution in [2.24, 2.45) is 0 Å². The number of benzene rings is 1. The van der Waals surface area contributed by atoms with Crippen LogP contribution >= 0.6 is 0 Å². The summed E-state index contributed by atoms with van der Waals surface area (Å²) < 4.78 is 4.26. The van der Waals surface area contributed by atoms with Crippen LogP contribution in [-0.4, -0.2) is 4.57 Å². The van der Waals surface area contributed by atoms with Crippen LogP contribution in [-0.2, 0) is 13.1 Å². The van der Waals surface area contributed by atoms with Gasteiger partial charge in [0.1, 0.15) is 25.5 Å². The molecular weight excluding hydrogens is 208 g/mol. The van der Waals surface area contributed by atoms with Gasteiger partial charge in [-0.2, -0.15) is 0 Å². The van der Waals surface area contributed by atoms with Crippen LogP contribution in [0, 0.1) is 0 Å². The maximum absolute atomic E-state index is 3.75. The molecule has 0 saturated heterocycles. The zero-order chi connectivity index (χ0) is 12.1. The lowest BCUT2D eigenvalue weighted by Crippen LogP contribution is -2.29. The normalized spacial score (nSPS) is 10.1. The molecule has 1 aromatic heterocycles. The van der Waals surface area contributed by atoms with Crippen molar-refractivity contribution in [1.82, 2.24) is 4.57 Å². The largest absolute Gasteiger partial charge is 0.244 e. The molecule has 0 spiro atoms. The molecule has 0 saturated carbocycles. The highest BCUT2D eigenvalue weighted by molar-refractivity contribution is 5.47. The van der Waals surface area contributed by atoms with Crippen molar-refractivity contribution in [2.45, 2.75) is 13.1 Å². The van der Waals surface area contributed by atoms with Crippen molar-refractivity contribution in [3.8, 4) is 0 Å². The van der Waals surface area contributed by atoms with Crippen molar-refractivity contribution in [1.29, 1.82) is 0 Å². The highest BCUT2D eigenvalue weighted by atomic mass is 15.1. The lowest BCUT2D eigenvalue weighted by atomic mass is 10.1. The summed E-state index contributed by atoms with van der Waals surface area (Å²) in [4.78, 5) is 0. The van der Waals surface area contributed by atoms with E-state index in [0.717, 1.165) is 18.7 Å². The van der Waals surface area contributed by atoms with Crippen LogP contribution in [0.5, 0.6) is 0 Å². The predicted octanol–water partition coefficient (Wildman–Crippen LogP) is 2.65. The van der Waals surface area contributed by atoms with E-state index in [1.807, 2.05) is 12.2 Å². The topological polar surface area (TPSA) is 8.81 Å². The van der Waals surface area contributed by atoms with E-state index in [1.54, 1.807) is 0 Å². The smallest absolute Gasteiger partial charge is 0.233 e. The first-order valence-electron chi connectivity index (χ1n) is 5.69. The van der Waals surface area contributed by atoms with Gasteiger partial charge in [0.25, 0.3) is 0 Å². The van der Waals surface area contributed by atoms with Gasteiger partial charge >= 0.3 is 0 Å². The van der Waals surface area contributed by atoms with E-state index >= 15 is 0 Å². The summed E-state index contributed by atoms with van der Waals surface area (Å²) in [6, 6.07) is 8.44. The van der Waals surface area contributed by atoms with E-state index in [9.17, 15) is 0 Å². The Hall–Kier alpha value is -2.09. The van der Waals surface area contributed by atoms with Crippen molar-refractivity contribution in [3.05, 3.63) is 73.3 Å². The maximum atomic E-state index is 3.75. The molecule has 17 heavy (non-hydrogen) atoms. The Bertz CT molecular complexity index is 506. The van der Waals surface area contributed by atoms with E-state index in [-0.39, 0.29) is 0 Å². The molecule has 0 fully saturated rings. The lowest BCUT2D eigenvalue weighted by Gasteiger charge is -1.98. The Balaban J connectivity index is 2.07. The molecule has 0 radical (unpaired) electrons. The fourth-order valence-corrected chi connectivity index (χ4v) is 1.76. The molecule has 0 aliphatic heterocycles. The first kappa shape index (κ1) is 11.4. The van der Waals surface area contributed by atoms with Gasteiger partial charge < -0.3 is 0 Å². The second-order valence-electron chi connectivity index (χ2n) is 4.02. The van der Waals surface area contributed by atoms with E-state index in [1.165, 1.54) is 5.56 Å². The monoisotopic (exact) mass is 225 g/mol. The molecule has 0 aliphatic carbocycles. The zero-order valence-corrected chi connectivity index (χ0v) is 9.92. The van der Waals surface area contributed by atoms with E-state index < -0.39 is 0 Å². The summed E-state index contributed by atoms with van der Waals surface area (Å²) in [5, 5.41) is 0. The van der Waals surface area contributed by atoms with Gasteiger partial charge in [0.15, 0.2) is 0 Å². The van der Waals surface area contributed by atoms with E-state index in [2.05, 4.69) is 65.3 Å². The number of hydrogen-bond acceptors (Lipinski definition) is 0. The first-order chi connectivity index (χ1) is 8.31. The summed E-state index contributed by atoms with van der Waals surface area (Å²) >= 11 is 0. The molecule has 0 amide bonds. The number of hydrogen-bond donors (Lipinski definition) is 0. The second kappa shape index (κ2) is 5.30. The number of rotatable bonds is 5. The van der Waals surface area contributed by atoms with Crippen LogP contribution in [0.4, 0.5) is 0 Å². The molecule has 2 heteroatoms. The zero-order valence-electron chi connectivity index (χ0n) is 9.92. The molecule has 0 atom stereocenters. The Morgan fingerprint density at radius 3 is 2.59 bits per heavy atom. The fourth-order valence-electron chi connectivity index (χ4n) is 1.76. The quantitative estimate of drug-likeness (QED) is 0.546. The molecule has 0 bridgehead atoms. The standard InChI is InChI=1S/C15H17N2/c1-3-9-16-10-11-17(13-16)12-15-7-5-14(4-2)6-8-15/h3-8,10-11,13H,1-2,9,12H2/q+1. The van der Waals surface area contributed by atoms with Crippen LogP contribution in [0.15, 0.2) is 62.2 Å². The predicted molar refractivity (Wildman–Crippen MR) is 70.5 cm³/mol. The first-order valence-corrected chi connectivity index (χ1v) is 5.69. The third kappa shape index (κ3) is 2.94. The highest BCUT2D eigenvalue weighted by Gasteiger charge is 2.02. The molecule has 2 rings (SSSR count). The van der Waals surface area contributed by atoms with Crippen LogP contribution < -0.4 is 4.57 Å². The molecule has 1 heterocycles. The molecule has 0 N–H and O–H groups in total. The third-order valence-corrected chi connectivity index (χ3v) is 2.67. The van der Waals surface area contributed by atoms with Gasteiger partial charge in [-0.05, 0) is 11.1 Å². The Morgan fingerprint density at radius 1 is 1.18 bits per heavy atom. The summed E-state index contributed by atoms with van der Waals surface area (Å²) in [7, 11) is 0. The summed E-state index contributed by atoms with van der Waals surface area (Å²) in [5.74, 6) is 0. The molecule has 2 nitrogen and oxygen atoms in total. The van der Waals surface area contributed by atoms with Gasteiger partial charge in [-0.15, -0.1) is 0 Å². The lowest BCUT2D eigenvalue weighted by molar-refractivity contribution is -0.686. The van der Waals surface area contributed by atoms with E-state index in [4.69, 9.17) is 0 Å². The Morgan fingerprint density at radius 2 is 1.94 bits per heavy atom. The molecule has 0 unspecified atom stereocenters. The molecule has 86 valence electrons.